The van der Waals surface area contributed by atoms with Gasteiger partial charge >= 0.3 is 0 Å². The van der Waals surface area contributed by atoms with E-state index < -0.39 is 6.17 Å². The van der Waals surface area contributed by atoms with Crippen LogP contribution in [0.15, 0.2) is 54.9 Å². The number of fused-ring (bicyclic) bond motifs is 2. The zero-order valence-corrected chi connectivity index (χ0v) is 11.5. The van der Waals surface area contributed by atoms with Crippen molar-refractivity contribution in [2.75, 3.05) is 11.9 Å². The van der Waals surface area contributed by atoms with E-state index in [1.165, 1.54) is 5.56 Å². The van der Waals surface area contributed by atoms with Gasteiger partial charge in [-0.2, -0.15) is 0 Å². The Labute approximate surface area is 122 Å². The lowest BCUT2D eigenvalue weighted by atomic mass is 9.95. The molecule has 0 spiro atoms. The van der Waals surface area contributed by atoms with Gasteiger partial charge in [0.05, 0.1) is 0 Å². The Balaban J connectivity index is 1.88. The molecule has 1 aliphatic heterocycles. The standard InChI is InChI=1S/C18H15FN2/c19-17(16-6-1-3-12-7-10-21-18(12)16)15-5-2-4-13-11-20-9-8-14(13)15/h1-6,8-9,11,17,21H,7,10H2. The Kier molecular flexibility index (Phi) is 2.85. The van der Waals surface area contributed by atoms with E-state index in [0.29, 0.717) is 5.56 Å². The summed E-state index contributed by atoms with van der Waals surface area (Å²) in [4.78, 5) is 4.11. The predicted octanol–water partition coefficient (Wildman–Crippen LogP) is 4.26. The molecule has 0 amide bonds. The number of benzene rings is 2. The summed E-state index contributed by atoms with van der Waals surface area (Å²) in [5.74, 6) is 0. The molecular weight excluding hydrogens is 263 g/mol. The lowest BCUT2D eigenvalue weighted by Gasteiger charge is -2.15. The Morgan fingerprint density at radius 1 is 1.05 bits per heavy atom. The first-order chi connectivity index (χ1) is 10.3. The summed E-state index contributed by atoms with van der Waals surface area (Å²) in [5, 5.41) is 5.21. The van der Waals surface area contributed by atoms with E-state index in [1.54, 1.807) is 12.4 Å². The van der Waals surface area contributed by atoms with E-state index in [4.69, 9.17) is 0 Å². The van der Waals surface area contributed by atoms with E-state index in [-0.39, 0.29) is 0 Å². The number of halogens is 1. The molecule has 21 heavy (non-hydrogen) atoms. The fourth-order valence-electron chi connectivity index (χ4n) is 3.11. The number of nitrogens with zero attached hydrogens (tertiary/aromatic N) is 1. The second kappa shape index (κ2) is 4.85. The fraction of sp³-hybridized carbons (Fsp3) is 0.167. The van der Waals surface area contributed by atoms with Gasteiger partial charge in [-0.15, -0.1) is 0 Å². The molecule has 0 saturated carbocycles. The highest BCUT2D eigenvalue weighted by Crippen LogP contribution is 2.38. The molecule has 2 nitrogen and oxygen atoms in total. The van der Waals surface area contributed by atoms with Crippen LogP contribution >= 0.6 is 0 Å². The summed E-state index contributed by atoms with van der Waals surface area (Å²) >= 11 is 0. The highest BCUT2D eigenvalue weighted by molar-refractivity contribution is 5.85. The normalized spacial score (nSPS) is 14.7. The van der Waals surface area contributed by atoms with Crippen molar-refractivity contribution < 1.29 is 4.39 Å². The third kappa shape index (κ3) is 1.97. The average Bonchev–Trinajstić information content (AvgIpc) is 3.02. The second-order valence-corrected chi connectivity index (χ2v) is 5.36. The van der Waals surface area contributed by atoms with Gasteiger partial charge < -0.3 is 5.32 Å². The predicted molar refractivity (Wildman–Crippen MR) is 83.3 cm³/mol. The van der Waals surface area contributed by atoms with Gasteiger partial charge in [0.15, 0.2) is 6.17 Å². The summed E-state index contributed by atoms with van der Waals surface area (Å²) in [7, 11) is 0. The molecule has 0 fully saturated rings. The van der Waals surface area contributed by atoms with E-state index in [0.717, 1.165) is 35.0 Å². The van der Waals surface area contributed by atoms with Crippen molar-refractivity contribution in [3.63, 3.8) is 0 Å². The molecule has 4 rings (SSSR count). The van der Waals surface area contributed by atoms with Gasteiger partial charge in [0.2, 0.25) is 0 Å². The maximum atomic E-state index is 15.2. The number of aromatic nitrogens is 1. The van der Waals surface area contributed by atoms with Crippen LogP contribution in [0.3, 0.4) is 0 Å². The minimum Gasteiger partial charge on any atom is -0.384 e. The average molecular weight is 278 g/mol. The zero-order valence-electron chi connectivity index (χ0n) is 11.5. The molecule has 0 saturated heterocycles. The van der Waals surface area contributed by atoms with Crippen LogP contribution in [0.25, 0.3) is 10.8 Å². The summed E-state index contributed by atoms with van der Waals surface area (Å²) < 4.78 is 15.2. The highest BCUT2D eigenvalue weighted by Gasteiger charge is 2.22. The molecule has 2 aromatic carbocycles. The first kappa shape index (κ1) is 12.3. The molecule has 1 aromatic heterocycles. The minimum absolute atomic E-state index is 0.706. The SMILES string of the molecule is FC(c1cccc2c1NCC2)c1cccc2cnccc12. The number of alkyl halides is 1. The first-order valence-corrected chi connectivity index (χ1v) is 7.17. The van der Waals surface area contributed by atoms with Crippen molar-refractivity contribution >= 4 is 16.5 Å². The van der Waals surface area contributed by atoms with E-state index in [1.807, 2.05) is 36.4 Å². The molecule has 0 radical (unpaired) electrons. The highest BCUT2D eigenvalue weighted by atomic mass is 19.1. The van der Waals surface area contributed by atoms with Crippen LogP contribution in [-0.2, 0) is 6.42 Å². The summed E-state index contributed by atoms with van der Waals surface area (Å²) in [6, 6.07) is 13.5. The molecule has 0 aliphatic carbocycles. The molecule has 1 aliphatic rings. The molecule has 3 heteroatoms. The summed E-state index contributed by atoms with van der Waals surface area (Å²) in [6.45, 7) is 0.887. The second-order valence-electron chi connectivity index (χ2n) is 5.36. The van der Waals surface area contributed by atoms with Crippen LogP contribution in [0.5, 0.6) is 0 Å². The smallest absolute Gasteiger partial charge is 0.153 e. The van der Waals surface area contributed by atoms with Crippen LogP contribution in [-0.4, -0.2) is 11.5 Å². The van der Waals surface area contributed by atoms with Crippen LogP contribution in [0.4, 0.5) is 10.1 Å². The molecule has 1 unspecified atom stereocenters. The Hall–Kier alpha value is -2.42. The van der Waals surface area contributed by atoms with Gasteiger partial charge in [0.25, 0.3) is 0 Å². The number of rotatable bonds is 2. The van der Waals surface area contributed by atoms with Gasteiger partial charge in [0.1, 0.15) is 0 Å². The van der Waals surface area contributed by atoms with Crippen molar-refractivity contribution in [3.05, 3.63) is 71.5 Å². The van der Waals surface area contributed by atoms with Crippen LogP contribution in [0, 0.1) is 0 Å². The summed E-state index contributed by atoms with van der Waals surface area (Å²) in [6.07, 6.45) is 3.33. The molecule has 2 heterocycles. The first-order valence-electron chi connectivity index (χ1n) is 7.17. The fourth-order valence-corrected chi connectivity index (χ4v) is 3.11. The monoisotopic (exact) mass is 278 g/mol. The van der Waals surface area contributed by atoms with Gasteiger partial charge in [-0.3, -0.25) is 4.98 Å². The van der Waals surface area contributed by atoms with Crippen molar-refractivity contribution in [3.8, 4) is 0 Å². The number of hydrogen-bond acceptors (Lipinski definition) is 2. The largest absolute Gasteiger partial charge is 0.384 e. The molecule has 3 aromatic rings. The van der Waals surface area contributed by atoms with Crippen LogP contribution < -0.4 is 5.32 Å². The molecule has 0 bridgehead atoms. The lowest BCUT2D eigenvalue weighted by Crippen LogP contribution is -2.01. The van der Waals surface area contributed by atoms with E-state index in [9.17, 15) is 0 Å². The number of nitrogens with one attached hydrogen (secondary N) is 1. The maximum absolute atomic E-state index is 15.2. The lowest BCUT2D eigenvalue weighted by molar-refractivity contribution is 0.405. The van der Waals surface area contributed by atoms with Crippen molar-refractivity contribution in [1.29, 1.82) is 0 Å². The number of hydrogen-bond donors (Lipinski definition) is 1. The van der Waals surface area contributed by atoms with Gasteiger partial charge in [-0.1, -0.05) is 36.4 Å². The topological polar surface area (TPSA) is 24.9 Å². The Morgan fingerprint density at radius 3 is 2.86 bits per heavy atom. The van der Waals surface area contributed by atoms with E-state index in [2.05, 4.69) is 16.4 Å². The Bertz CT molecular complexity index is 808. The van der Waals surface area contributed by atoms with Crippen molar-refractivity contribution in [1.82, 2.24) is 4.98 Å². The number of anilines is 1. The minimum atomic E-state index is -1.13. The zero-order chi connectivity index (χ0) is 14.2. The van der Waals surface area contributed by atoms with Crippen molar-refractivity contribution in [2.45, 2.75) is 12.6 Å². The summed E-state index contributed by atoms with van der Waals surface area (Å²) in [5.41, 5.74) is 3.61. The van der Waals surface area contributed by atoms with Crippen LogP contribution in [0.2, 0.25) is 0 Å². The number of para-hydroxylation sites is 1. The van der Waals surface area contributed by atoms with E-state index >= 15 is 4.39 Å². The van der Waals surface area contributed by atoms with Gasteiger partial charge in [-0.05, 0) is 29.0 Å². The molecule has 1 N–H and O–H groups in total. The van der Waals surface area contributed by atoms with Crippen LogP contribution in [0.1, 0.15) is 22.9 Å². The third-order valence-electron chi connectivity index (χ3n) is 4.14. The third-order valence-corrected chi connectivity index (χ3v) is 4.14. The molecule has 1 atom stereocenters. The Morgan fingerprint density at radius 2 is 1.90 bits per heavy atom. The number of pyridine rings is 1. The molecular formula is C18H15FN2. The van der Waals surface area contributed by atoms with Gasteiger partial charge in [-0.25, -0.2) is 4.39 Å². The maximum Gasteiger partial charge on any atom is 0.153 e. The van der Waals surface area contributed by atoms with Crippen molar-refractivity contribution in [2.24, 2.45) is 0 Å². The molecule has 104 valence electrons. The van der Waals surface area contributed by atoms with Gasteiger partial charge in [0, 0.05) is 35.6 Å². The quantitative estimate of drug-likeness (QED) is 0.757.